The maximum atomic E-state index is 14.0. The fourth-order valence-corrected chi connectivity index (χ4v) is 5.69. The molecule has 1 unspecified atom stereocenters. The number of β-amino-alcohol motifs (C(OH)–C–C–N with tert-alkyl or cyclic N) is 1. The van der Waals surface area contributed by atoms with Crippen molar-refractivity contribution in [3.8, 4) is 23.0 Å². The van der Waals surface area contributed by atoms with Gasteiger partial charge in [-0.25, -0.2) is 14.7 Å². The minimum atomic E-state index is -0.672. The van der Waals surface area contributed by atoms with Gasteiger partial charge in [-0.15, -0.1) is 0 Å². The van der Waals surface area contributed by atoms with E-state index in [0.717, 1.165) is 48.6 Å². The van der Waals surface area contributed by atoms with E-state index in [1.807, 2.05) is 57.2 Å². The van der Waals surface area contributed by atoms with Crippen LogP contribution >= 0.6 is 0 Å². The number of nitrogens with zero attached hydrogens (tertiary/aromatic N) is 5. The van der Waals surface area contributed by atoms with Crippen LogP contribution in [0.5, 0.6) is 23.0 Å². The van der Waals surface area contributed by atoms with Gasteiger partial charge in [0.2, 0.25) is 5.95 Å². The topological polar surface area (TPSA) is 122 Å². The van der Waals surface area contributed by atoms with Crippen LogP contribution in [0.25, 0.3) is 0 Å². The number of carbonyl (C=O) groups is 1. The van der Waals surface area contributed by atoms with E-state index >= 15 is 0 Å². The zero-order valence-electron chi connectivity index (χ0n) is 28.4. The largest absolute Gasteiger partial charge is 0.497 e. The Balaban J connectivity index is 1.31. The van der Waals surface area contributed by atoms with Gasteiger partial charge in [-0.3, -0.25) is 4.90 Å². The summed E-state index contributed by atoms with van der Waals surface area (Å²) in [4.78, 5) is 29.0. The number of likely N-dealkylation sites (N-methyl/N-ethyl adjacent to an activating group) is 1. The highest BCUT2D eigenvalue weighted by molar-refractivity contribution is 5.98. The molecule has 5 rings (SSSR count). The Morgan fingerprint density at radius 2 is 1.60 bits per heavy atom. The molecule has 0 radical (unpaired) electrons. The Kier molecular flexibility index (Phi) is 11.3. The van der Waals surface area contributed by atoms with Crippen LogP contribution in [0.1, 0.15) is 16.7 Å². The molecule has 1 aliphatic rings. The van der Waals surface area contributed by atoms with Gasteiger partial charge in [0, 0.05) is 56.7 Å². The third-order valence-electron chi connectivity index (χ3n) is 8.10. The number of aromatic nitrogens is 2. The molecule has 48 heavy (non-hydrogen) atoms. The molecule has 1 aromatic heterocycles. The van der Waals surface area contributed by atoms with Gasteiger partial charge in [-0.05, 0) is 75.3 Å². The summed E-state index contributed by atoms with van der Waals surface area (Å²) >= 11 is 0. The van der Waals surface area contributed by atoms with Gasteiger partial charge < -0.3 is 34.3 Å². The van der Waals surface area contributed by atoms with Crippen molar-refractivity contribution in [3.63, 3.8) is 0 Å². The minimum absolute atomic E-state index is 0.205. The van der Waals surface area contributed by atoms with Crippen LogP contribution in [0.3, 0.4) is 0 Å². The molecule has 0 aliphatic carbocycles. The molecule has 2 N–H and O–H groups in total. The maximum absolute atomic E-state index is 14.0. The van der Waals surface area contributed by atoms with Crippen molar-refractivity contribution >= 4 is 29.2 Å². The Morgan fingerprint density at radius 1 is 0.917 bits per heavy atom. The average Bonchev–Trinajstić information content (AvgIpc) is 3.07. The van der Waals surface area contributed by atoms with E-state index in [1.165, 1.54) is 12.0 Å². The van der Waals surface area contributed by atoms with Crippen LogP contribution in [0.2, 0.25) is 0 Å². The second-order valence-electron chi connectivity index (χ2n) is 11.9. The average molecular weight is 657 g/mol. The van der Waals surface area contributed by atoms with Crippen molar-refractivity contribution in [3.05, 3.63) is 83.6 Å². The fourth-order valence-electron chi connectivity index (χ4n) is 5.69. The maximum Gasteiger partial charge on any atom is 0.425 e. The molecule has 0 bridgehead atoms. The molecule has 1 saturated heterocycles. The fraction of sp³-hybridized carbons (Fsp3) is 0.361. The van der Waals surface area contributed by atoms with E-state index in [0.29, 0.717) is 35.3 Å². The van der Waals surface area contributed by atoms with E-state index in [9.17, 15) is 9.90 Å². The van der Waals surface area contributed by atoms with Gasteiger partial charge in [0.15, 0.2) is 11.5 Å². The number of aliphatic hydroxyl groups excluding tert-OH is 1. The minimum Gasteiger partial charge on any atom is -0.497 e. The lowest BCUT2D eigenvalue weighted by Gasteiger charge is -2.33. The molecule has 4 aromatic rings. The number of methoxy groups -OCH3 is 2. The first-order valence-corrected chi connectivity index (χ1v) is 15.9. The molecule has 1 atom stereocenters. The number of amides is 1. The monoisotopic (exact) mass is 656 g/mol. The summed E-state index contributed by atoms with van der Waals surface area (Å²) in [5.41, 5.74) is 4.20. The Hall–Kier alpha value is -4.91. The zero-order valence-corrected chi connectivity index (χ0v) is 28.4. The van der Waals surface area contributed by atoms with Crippen LogP contribution in [0.15, 0.2) is 66.9 Å². The Morgan fingerprint density at radius 3 is 2.27 bits per heavy atom. The number of hydrogen-bond acceptors (Lipinski definition) is 11. The molecule has 1 amide bonds. The first-order valence-electron chi connectivity index (χ1n) is 15.9. The Labute approximate surface area is 281 Å². The van der Waals surface area contributed by atoms with Gasteiger partial charge in [-0.1, -0.05) is 17.7 Å². The number of rotatable bonds is 12. The van der Waals surface area contributed by atoms with Crippen molar-refractivity contribution in [1.82, 2.24) is 19.8 Å². The lowest BCUT2D eigenvalue weighted by atomic mass is 10.0. The molecule has 12 heteroatoms. The van der Waals surface area contributed by atoms with Crippen molar-refractivity contribution < 1.29 is 28.8 Å². The number of ether oxygens (including phenoxy) is 4. The van der Waals surface area contributed by atoms with E-state index < -0.39 is 12.2 Å². The van der Waals surface area contributed by atoms with E-state index in [4.69, 9.17) is 23.9 Å². The van der Waals surface area contributed by atoms with Crippen molar-refractivity contribution in [2.45, 2.75) is 26.9 Å². The third kappa shape index (κ3) is 8.71. The number of hydrogen-bond donors (Lipinski definition) is 2. The Bertz CT molecular complexity index is 1670. The summed E-state index contributed by atoms with van der Waals surface area (Å²) in [7, 11) is 5.16. The summed E-state index contributed by atoms with van der Waals surface area (Å²) in [6, 6.07) is 17.9. The van der Waals surface area contributed by atoms with Crippen LogP contribution < -0.4 is 29.2 Å². The molecular weight excluding hydrogens is 612 g/mol. The van der Waals surface area contributed by atoms with Crippen LogP contribution in [0.4, 0.5) is 27.9 Å². The van der Waals surface area contributed by atoms with E-state index in [-0.39, 0.29) is 18.3 Å². The highest BCUT2D eigenvalue weighted by atomic mass is 16.6. The molecule has 1 fully saturated rings. The quantitative estimate of drug-likeness (QED) is 0.201. The van der Waals surface area contributed by atoms with Crippen molar-refractivity contribution in [2.75, 3.05) is 70.8 Å². The predicted octanol–water partition coefficient (Wildman–Crippen LogP) is 5.49. The van der Waals surface area contributed by atoms with Gasteiger partial charge >= 0.3 is 6.09 Å². The number of carbonyl (C=O) groups excluding carboxylic acids is 1. The van der Waals surface area contributed by atoms with Crippen LogP contribution in [0, 0.1) is 20.8 Å². The predicted molar refractivity (Wildman–Crippen MR) is 186 cm³/mol. The molecule has 0 spiro atoms. The van der Waals surface area contributed by atoms with Crippen molar-refractivity contribution in [1.29, 1.82) is 0 Å². The standard InChI is InChI=1S/C36H44N6O6/c1-24-19-25(2)34(26(3)20-24)42(36(44)48-31-12-11-30(45-5)21-32(31)46-6)33-13-14-37-35(39-33)38-27-7-9-29(10-8-27)47-23-28(43)22-41-17-15-40(4)16-18-41/h7-14,19-21,28,43H,15-18,22-23H2,1-6H3,(H,37,38,39). The van der Waals surface area contributed by atoms with E-state index in [1.54, 1.807) is 37.6 Å². The number of aliphatic hydroxyl groups is 1. The molecular formula is C36H44N6O6. The first kappa shape index (κ1) is 34.4. The second kappa shape index (κ2) is 15.8. The van der Waals surface area contributed by atoms with Gasteiger partial charge in [0.25, 0.3) is 0 Å². The number of aryl methyl sites for hydroxylation is 3. The van der Waals surface area contributed by atoms with E-state index in [2.05, 4.69) is 27.1 Å². The SMILES string of the molecule is COc1ccc(OC(=O)N(c2ccnc(Nc3ccc(OCC(O)CN4CCN(C)CC4)cc3)n2)c2c(C)cc(C)cc2C)c(OC)c1. The van der Waals surface area contributed by atoms with Crippen LogP contribution in [-0.2, 0) is 0 Å². The molecule has 0 saturated carbocycles. The summed E-state index contributed by atoms with van der Waals surface area (Å²) in [6.07, 6.45) is 0.329. The zero-order chi connectivity index (χ0) is 34.2. The van der Waals surface area contributed by atoms with Gasteiger partial charge in [0.05, 0.1) is 19.9 Å². The summed E-state index contributed by atoms with van der Waals surface area (Å²) in [5.74, 6) is 2.39. The normalized spacial score (nSPS) is 14.2. The van der Waals surface area contributed by atoms with Gasteiger partial charge in [0.1, 0.15) is 30.0 Å². The summed E-state index contributed by atoms with van der Waals surface area (Å²) in [5, 5.41) is 13.7. The second-order valence-corrected chi connectivity index (χ2v) is 11.9. The number of benzene rings is 3. The lowest BCUT2D eigenvalue weighted by molar-refractivity contribution is 0.0505. The van der Waals surface area contributed by atoms with Crippen molar-refractivity contribution in [2.24, 2.45) is 0 Å². The lowest BCUT2D eigenvalue weighted by Crippen LogP contribution is -2.47. The molecule has 254 valence electrons. The number of nitrogens with one attached hydrogen (secondary N) is 1. The molecule has 3 aromatic carbocycles. The van der Waals surface area contributed by atoms with Gasteiger partial charge in [-0.2, -0.15) is 4.98 Å². The number of anilines is 4. The molecule has 2 heterocycles. The summed E-state index contributed by atoms with van der Waals surface area (Å²) in [6.45, 7) is 10.6. The van der Waals surface area contributed by atoms with Crippen LogP contribution in [-0.4, -0.2) is 97.7 Å². The highest BCUT2D eigenvalue weighted by Crippen LogP contribution is 2.36. The first-order chi connectivity index (χ1) is 23.1. The highest BCUT2D eigenvalue weighted by Gasteiger charge is 2.27. The number of piperazine rings is 1. The smallest absolute Gasteiger partial charge is 0.425 e. The molecule has 1 aliphatic heterocycles. The third-order valence-corrected chi connectivity index (χ3v) is 8.10. The summed E-state index contributed by atoms with van der Waals surface area (Å²) < 4.78 is 22.5. The molecule has 12 nitrogen and oxygen atoms in total.